The number of hydrogen-bond acceptors (Lipinski definition) is 2. The van der Waals surface area contributed by atoms with Crippen LogP contribution in [0.5, 0.6) is 0 Å². The number of pyridine rings is 1. The van der Waals surface area contributed by atoms with Crippen LogP contribution in [0, 0.1) is 6.92 Å². The second kappa shape index (κ2) is 6.74. The van der Waals surface area contributed by atoms with Crippen molar-refractivity contribution in [2.75, 3.05) is 11.9 Å². The number of hydrogen-bond donors (Lipinski definition) is 0. The van der Waals surface area contributed by atoms with Crippen LogP contribution in [-0.4, -0.2) is 33.7 Å². The zero-order valence-electron chi connectivity index (χ0n) is 10.6. The summed E-state index contributed by atoms with van der Waals surface area (Å²) >= 11 is 3.39. The molecule has 0 aliphatic carbocycles. The fourth-order valence-electron chi connectivity index (χ4n) is 1.67. The minimum absolute atomic E-state index is 0.0269. The summed E-state index contributed by atoms with van der Waals surface area (Å²) in [6.45, 7) is 6.75. The minimum Gasteiger partial charge on any atom is -0.335 e. The van der Waals surface area contributed by atoms with Crippen LogP contribution in [0.1, 0.15) is 36.3 Å². The third-order valence-corrected chi connectivity index (χ3v) is 3.19. The Kier molecular flexibility index (Phi) is 5.62. The zero-order chi connectivity index (χ0) is 12.8. The molecule has 94 valence electrons. The van der Waals surface area contributed by atoms with E-state index >= 15 is 0 Å². The molecule has 1 aromatic heterocycles. The summed E-state index contributed by atoms with van der Waals surface area (Å²) < 4.78 is 0. The molecule has 0 saturated carbocycles. The number of rotatable bonds is 5. The standard InChI is InChI=1S/C13H19BrN2O/c1-10(2)16(9-5-7-14)13(17)12-11(3)6-4-8-15-12/h4,6,8,10H,5,7,9H2,1-3H3. The van der Waals surface area contributed by atoms with Gasteiger partial charge in [-0.05, 0) is 38.8 Å². The normalized spacial score (nSPS) is 10.6. The van der Waals surface area contributed by atoms with Crippen molar-refractivity contribution in [1.82, 2.24) is 9.88 Å². The van der Waals surface area contributed by atoms with Crippen molar-refractivity contribution in [3.05, 3.63) is 29.6 Å². The summed E-state index contributed by atoms with van der Waals surface area (Å²) in [5, 5.41) is 0.907. The molecule has 0 aliphatic heterocycles. The molecule has 17 heavy (non-hydrogen) atoms. The molecule has 1 heterocycles. The van der Waals surface area contributed by atoms with E-state index in [1.165, 1.54) is 0 Å². The van der Waals surface area contributed by atoms with Crippen LogP contribution in [0.3, 0.4) is 0 Å². The van der Waals surface area contributed by atoms with E-state index in [4.69, 9.17) is 0 Å². The van der Waals surface area contributed by atoms with Crippen molar-refractivity contribution >= 4 is 21.8 Å². The number of halogens is 1. The first kappa shape index (κ1) is 14.2. The SMILES string of the molecule is Cc1cccnc1C(=O)N(CCCBr)C(C)C. The Balaban J connectivity index is 2.88. The van der Waals surface area contributed by atoms with Crippen molar-refractivity contribution in [2.24, 2.45) is 0 Å². The average molecular weight is 299 g/mol. The summed E-state index contributed by atoms with van der Waals surface area (Å²) in [7, 11) is 0. The zero-order valence-corrected chi connectivity index (χ0v) is 12.2. The molecule has 0 bridgehead atoms. The van der Waals surface area contributed by atoms with Crippen LogP contribution in [0.15, 0.2) is 18.3 Å². The number of alkyl halides is 1. The Hall–Kier alpha value is -0.900. The van der Waals surface area contributed by atoms with Gasteiger partial charge in [-0.2, -0.15) is 0 Å². The van der Waals surface area contributed by atoms with E-state index in [1.54, 1.807) is 6.20 Å². The Morgan fingerprint density at radius 3 is 2.76 bits per heavy atom. The largest absolute Gasteiger partial charge is 0.335 e. The van der Waals surface area contributed by atoms with Gasteiger partial charge in [0.05, 0.1) is 0 Å². The lowest BCUT2D eigenvalue weighted by Gasteiger charge is -2.26. The quantitative estimate of drug-likeness (QED) is 0.783. The maximum Gasteiger partial charge on any atom is 0.272 e. The van der Waals surface area contributed by atoms with E-state index < -0.39 is 0 Å². The van der Waals surface area contributed by atoms with Crippen LogP contribution in [0.2, 0.25) is 0 Å². The molecule has 0 atom stereocenters. The highest BCUT2D eigenvalue weighted by Crippen LogP contribution is 2.11. The third-order valence-electron chi connectivity index (χ3n) is 2.63. The van der Waals surface area contributed by atoms with Crippen molar-refractivity contribution in [3.8, 4) is 0 Å². The molecule has 0 N–H and O–H groups in total. The highest BCUT2D eigenvalue weighted by molar-refractivity contribution is 9.09. The molecular weight excluding hydrogens is 280 g/mol. The first-order valence-corrected chi connectivity index (χ1v) is 6.98. The maximum absolute atomic E-state index is 12.4. The van der Waals surface area contributed by atoms with Gasteiger partial charge in [-0.15, -0.1) is 0 Å². The molecule has 0 aliphatic rings. The molecule has 0 fully saturated rings. The third kappa shape index (κ3) is 3.80. The summed E-state index contributed by atoms with van der Waals surface area (Å²) in [5.41, 5.74) is 1.50. The molecule has 0 unspecified atom stereocenters. The van der Waals surface area contributed by atoms with E-state index in [2.05, 4.69) is 20.9 Å². The summed E-state index contributed by atoms with van der Waals surface area (Å²) in [6.07, 6.45) is 2.62. The molecule has 4 heteroatoms. The Morgan fingerprint density at radius 2 is 2.24 bits per heavy atom. The lowest BCUT2D eigenvalue weighted by molar-refractivity contribution is 0.0700. The van der Waals surface area contributed by atoms with Gasteiger partial charge in [0.25, 0.3) is 5.91 Å². The van der Waals surface area contributed by atoms with Crippen molar-refractivity contribution in [3.63, 3.8) is 0 Å². The van der Waals surface area contributed by atoms with Gasteiger partial charge in [0, 0.05) is 24.1 Å². The van der Waals surface area contributed by atoms with E-state index in [0.717, 1.165) is 23.9 Å². The van der Waals surface area contributed by atoms with E-state index in [-0.39, 0.29) is 11.9 Å². The predicted molar refractivity (Wildman–Crippen MR) is 73.6 cm³/mol. The second-order valence-corrected chi connectivity index (χ2v) is 5.10. The maximum atomic E-state index is 12.4. The number of aryl methyl sites for hydroxylation is 1. The van der Waals surface area contributed by atoms with Crippen molar-refractivity contribution in [1.29, 1.82) is 0 Å². The summed E-state index contributed by atoms with van der Waals surface area (Å²) in [4.78, 5) is 18.4. The molecule has 0 aromatic carbocycles. The summed E-state index contributed by atoms with van der Waals surface area (Å²) in [6, 6.07) is 3.97. The van der Waals surface area contributed by atoms with E-state index in [9.17, 15) is 4.79 Å². The molecule has 0 saturated heterocycles. The van der Waals surface area contributed by atoms with Gasteiger partial charge in [0.15, 0.2) is 0 Å². The fraction of sp³-hybridized carbons (Fsp3) is 0.538. The van der Waals surface area contributed by atoms with Crippen LogP contribution < -0.4 is 0 Å². The summed E-state index contributed by atoms with van der Waals surface area (Å²) in [5.74, 6) is 0.0269. The van der Waals surface area contributed by atoms with Crippen LogP contribution in [0.25, 0.3) is 0 Å². The number of aromatic nitrogens is 1. The topological polar surface area (TPSA) is 33.2 Å². The predicted octanol–water partition coefficient (Wildman–Crippen LogP) is 3.03. The first-order valence-electron chi connectivity index (χ1n) is 5.86. The number of amides is 1. The van der Waals surface area contributed by atoms with Gasteiger partial charge in [-0.1, -0.05) is 22.0 Å². The van der Waals surface area contributed by atoms with Gasteiger partial charge >= 0.3 is 0 Å². The molecule has 0 spiro atoms. The number of carbonyl (C=O) groups is 1. The monoisotopic (exact) mass is 298 g/mol. The molecule has 1 amide bonds. The minimum atomic E-state index is 0.0269. The van der Waals surface area contributed by atoms with Gasteiger partial charge in [0.2, 0.25) is 0 Å². The lowest BCUT2D eigenvalue weighted by Crippen LogP contribution is -2.38. The molecular formula is C13H19BrN2O. The first-order chi connectivity index (χ1) is 8.07. The molecule has 1 rings (SSSR count). The number of nitrogens with zero attached hydrogens (tertiary/aromatic N) is 2. The Morgan fingerprint density at radius 1 is 1.53 bits per heavy atom. The van der Waals surface area contributed by atoms with Crippen LogP contribution in [-0.2, 0) is 0 Å². The molecule has 1 aromatic rings. The highest BCUT2D eigenvalue weighted by atomic mass is 79.9. The Bertz CT molecular complexity index is 379. The van der Waals surface area contributed by atoms with Crippen LogP contribution >= 0.6 is 15.9 Å². The Labute approximate surface area is 111 Å². The number of carbonyl (C=O) groups excluding carboxylic acids is 1. The van der Waals surface area contributed by atoms with Gasteiger partial charge in [0.1, 0.15) is 5.69 Å². The van der Waals surface area contributed by atoms with Gasteiger partial charge in [-0.25, -0.2) is 0 Å². The van der Waals surface area contributed by atoms with E-state index in [0.29, 0.717) is 5.69 Å². The van der Waals surface area contributed by atoms with Crippen LogP contribution in [0.4, 0.5) is 0 Å². The second-order valence-electron chi connectivity index (χ2n) is 4.30. The molecule has 0 radical (unpaired) electrons. The van der Waals surface area contributed by atoms with Gasteiger partial charge < -0.3 is 4.90 Å². The molecule has 3 nitrogen and oxygen atoms in total. The average Bonchev–Trinajstić information content (AvgIpc) is 2.29. The smallest absolute Gasteiger partial charge is 0.272 e. The lowest BCUT2D eigenvalue weighted by atomic mass is 10.1. The van der Waals surface area contributed by atoms with Crippen molar-refractivity contribution in [2.45, 2.75) is 33.2 Å². The van der Waals surface area contributed by atoms with Gasteiger partial charge in [-0.3, -0.25) is 9.78 Å². The van der Waals surface area contributed by atoms with Crippen molar-refractivity contribution < 1.29 is 4.79 Å². The van der Waals surface area contributed by atoms with E-state index in [1.807, 2.05) is 37.8 Å². The fourth-order valence-corrected chi connectivity index (χ4v) is 1.92. The highest BCUT2D eigenvalue weighted by Gasteiger charge is 2.20.